The third kappa shape index (κ3) is 4.04. The zero-order valence-corrected chi connectivity index (χ0v) is 16.2. The lowest BCUT2D eigenvalue weighted by molar-refractivity contribution is 0.0931. The first-order valence-corrected chi connectivity index (χ1v) is 10.1. The maximum atomic E-state index is 13.7. The van der Waals surface area contributed by atoms with Crippen LogP contribution in [-0.2, 0) is 6.61 Å². The molecule has 0 bridgehead atoms. The van der Waals surface area contributed by atoms with Crippen molar-refractivity contribution < 1.29 is 14.3 Å². The Morgan fingerprint density at radius 2 is 1.96 bits per heavy atom. The zero-order chi connectivity index (χ0) is 19.7. The van der Waals surface area contributed by atoms with Gasteiger partial charge in [0.05, 0.1) is 12.6 Å². The fraction of sp³-hybridized carbons (Fsp3) is 0.435. The monoisotopic (exact) mass is 382 g/mol. The molecule has 1 amide bonds. The lowest BCUT2D eigenvalue weighted by Gasteiger charge is -2.22. The summed E-state index contributed by atoms with van der Waals surface area (Å²) in [5.41, 5.74) is 3.85. The number of hydrogen-bond acceptors (Lipinski definition) is 3. The standard InChI is InChI=1S/C23H27FN2O2/c1-15-10-18(6-7-21(15)24)22(17-4-5-17)25-23(28)19-11-16(14-27)12-20(13-19)26-8-2-3-9-26/h6-7,10-13,17,22,27H,2-5,8-9,14H2,1H3,(H,25,28)/t22-/m0/s1. The zero-order valence-electron chi connectivity index (χ0n) is 16.2. The van der Waals surface area contributed by atoms with Crippen LogP contribution in [0.2, 0.25) is 0 Å². The smallest absolute Gasteiger partial charge is 0.251 e. The van der Waals surface area contributed by atoms with Crippen molar-refractivity contribution in [2.45, 2.75) is 45.3 Å². The number of nitrogens with zero attached hydrogens (tertiary/aromatic N) is 1. The van der Waals surface area contributed by atoms with Crippen molar-refractivity contribution in [2.24, 2.45) is 5.92 Å². The number of hydrogen-bond donors (Lipinski definition) is 2. The van der Waals surface area contributed by atoms with Gasteiger partial charge in [0.2, 0.25) is 0 Å². The molecule has 1 heterocycles. The number of benzene rings is 2. The maximum Gasteiger partial charge on any atom is 0.251 e. The third-order valence-corrected chi connectivity index (χ3v) is 5.81. The van der Waals surface area contributed by atoms with Gasteiger partial charge in [-0.1, -0.05) is 12.1 Å². The summed E-state index contributed by atoms with van der Waals surface area (Å²) in [7, 11) is 0. The number of carbonyl (C=O) groups is 1. The fourth-order valence-electron chi connectivity index (χ4n) is 4.04. The molecule has 148 valence electrons. The highest BCUT2D eigenvalue weighted by Crippen LogP contribution is 2.41. The van der Waals surface area contributed by atoms with Gasteiger partial charge in [-0.05, 0) is 79.5 Å². The van der Waals surface area contributed by atoms with Crippen LogP contribution < -0.4 is 10.2 Å². The second kappa shape index (κ2) is 7.92. The molecule has 1 saturated heterocycles. The molecule has 2 N–H and O–H groups in total. The molecule has 4 nitrogen and oxygen atoms in total. The average molecular weight is 382 g/mol. The molecule has 0 radical (unpaired) electrons. The molecule has 2 aromatic rings. The van der Waals surface area contributed by atoms with E-state index in [4.69, 9.17) is 0 Å². The Kier molecular flexibility index (Phi) is 5.36. The number of aliphatic hydroxyl groups excluding tert-OH is 1. The first kappa shape index (κ1) is 18.9. The van der Waals surface area contributed by atoms with Gasteiger partial charge in [0.1, 0.15) is 5.82 Å². The van der Waals surface area contributed by atoms with E-state index >= 15 is 0 Å². The third-order valence-electron chi connectivity index (χ3n) is 5.81. The summed E-state index contributed by atoms with van der Waals surface area (Å²) in [5, 5.41) is 12.8. The van der Waals surface area contributed by atoms with Gasteiger partial charge in [-0.2, -0.15) is 0 Å². The van der Waals surface area contributed by atoms with E-state index in [1.54, 1.807) is 19.1 Å². The number of nitrogens with one attached hydrogen (secondary N) is 1. The van der Waals surface area contributed by atoms with Crippen LogP contribution in [0.25, 0.3) is 0 Å². The minimum Gasteiger partial charge on any atom is -0.392 e. The van der Waals surface area contributed by atoms with Crippen molar-refractivity contribution in [1.29, 1.82) is 0 Å². The SMILES string of the molecule is Cc1cc([C@@H](NC(=O)c2cc(CO)cc(N3CCCC3)c2)C2CC2)ccc1F. The molecule has 0 aromatic heterocycles. The van der Waals surface area contributed by atoms with Gasteiger partial charge < -0.3 is 15.3 Å². The van der Waals surface area contributed by atoms with Crippen LogP contribution in [0.5, 0.6) is 0 Å². The highest BCUT2D eigenvalue weighted by molar-refractivity contribution is 5.95. The van der Waals surface area contributed by atoms with E-state index in [-0.39, 0.29) is 24.4 Å². The van der Waals surface area contributed by atoms with E-state index in [1.165, 1.54) is 6.07 Å². The number of rotatable bonds is 6. The highest BCUT2D eigenvalue weighted by atomic mass is 19.1. The molecule has 0 unspecified atom stereocenters. The Morgan fingerprint density at radius 3 is 2.61 bits per heavy atom. The van der Waals surface area contributed by atoms with Gasteiger partial charge >= 0.3 is 0 Å². The van der Waals surface area contributed by atoms with Crippen LogP contribution in [-0.4, -0.2) is 24.1 Å². The first-order chi connectivity index (χ1) is 13.5. The molecule has 5 heteroatoms. The number of amides is 1. The van der Waals surface area contributed by atoms with Crippen LogP contribution in [0, 0.1) is 18.7 Å². The van der Waals surface area contributed by atoms with Gasteiger partial charge in [-0.3, -0.25) is 4.79 Å². The molecule has 1 atom stereocenters. The molecule has 2 fully saturated rings. The van der Waals surface area contributed by atoms with Crippen molar-refractivity contribution in [3.63, 3.8) is 0 Å². The van der Waals surface area contributed by atoms with E-state index in [0.29, 0.717) is 17.0 Å². The quantitative estimate of drug-likeness (QED) is 0.791. The summed E-state index contributed by atoms with van der Waals surface area (Å²) in [6, 6.07) is 10.6. The summed E-state index contributed by atoms with van der Waals surface area (Å²) in [4.78, 5) is 15.3. The Labute approximate surface area is 165 Å². The molecule has 28 heavy (non-hydrogen) atoms. The minimum atomic E-state index is -0.226. The van der Waals surface area contributed by atoms with E-state index in [2.05, 4.69) is 10.2 Å². The van der Waals surface area contributed by atoms with Gasteiger partial charge in [0.15, 0.2) is 0 Å². The lowest BCUT2D eigenvalue weighted by atomic mass is 9.99. The van der Waals surface area contributed by atoms with E-state index in [0.717, 1.165) is 55.6 Å². The van der Waals surface area contributed by atoms with Crippen molar-refractivity contribution in [3.8, 4) is 0 Å². The molecule has 2 aliphatic rings. The van der Waals surface area contributed by atoms with Gasteiger partial charge in [-0.15, -0.1) is 0 Å². The van der Waals surface area contributed by atoms with Crippen molar-refractivity contribution >= 4 is 11.6 Å². The fourth-order valence-corrected chi connectivity index (χ4v) is 4.04. The Morgan fingerprint density at radius 1 is 1.21 bits per heavy atom. The second-order valence-corrected chi connectivity index (χ2v) is 8.04. The number of aliphatic hydroxyl groups is 1. The summed E-state index contributed by atoms with van der Waals surface area (Å²) in [6.45, 7) is 3.62. The molecule has 4 rings (SSSR count). The van der Waals surface area contributed by atoms with E-state index in [9.17, 15) is 14.3 Å². The molecule has 1 saturated carbocycles. The average Bonchev–Trinajstić information content (AvgIpc) is 3.40. The highest BCUT2D eigenvalue weighted by Gasteiger charge is 2.34. The Bertz CT molecular complexity index is 873. The second-order valence-electron chi connectivity index (χ2n) is 8.04. The molecule has 0 spiro atoms. The van der Waals surface area contributed by atoms with Gasteiger partial charge in [0.25, 0.3) is 5.91 Å². The maximum absolute atomic E-state index is 13.7. The van der Waals surface area contributed by atoms with Crippen LogP contribution in [0.1, 0.15) is 58.8 Å². The van der Waals surface area contributed by atoms with E-state index in [1.807, 2.05) is 18.2 Å². The van der Waals surface area contributed by atoms with E-state index < -0.39 is 0 Å². The Balaban J connectivity index is 1.59. The van der Waals surface area contributed by atoms with Gasteiger partial charge in [-0.25, -0.2) is 4.39 Å². The Hall–Kier alpha value is -2.40. The van der Waals surface area contributed by atoms with Crippen LogP contribution in [0.15, 0.2) is 36.4 Å². The molecular weight excluding hydrogens is 355 g/mol. The van der Waals surface area contributed by atoms with Crippen molar-refractivity contribution in [2.75, 3.05) is 18.0 Å². The molecule has 1 aliphatic heterocycles. The summed E-state index contributed by atoms with van der Waals surface area (Å²) < 4.78 is 13.7. The van der Waals surface area contributed by atoms with Gasteiger partial charge in [0, 0.05) is 24.3 Å². The number of carbonyl (C=O) groups excluding carboxylic acids is 1. The predicted octanol–water partition coefficient (Wildman–Crippen LogP) is 4.11. The lowest BCUT2D eigenvalue weighted by Crippen LogP contribution is -2.30. The van der Waals surface area contributed by atoms with Crippen LogP contribution in [0.3, 0.4) is 0 Å². The topological polar surface area (TPSA) is 52.6 Å². The predicted molar refractivity (Wildman–Crippen MR) is 108 cm³/mol. The summed E-state index contributed by atoms with van der Waals surface area (Å²) >= 11 is 0. The number of aryl methyl sites for hydroxylation is 1. The summed E-state index contributed by atoms with van der Waals surface area (Å²) in [5.74, 6) is 0.0260. The van der Waals surface area contributed by atoms with Crippen LogP contribution in [0.4, 0.5) is 10.1 Å². The number of halogens is 1. The minimum absolute atomic E-state index is 0.0921. The summed E-state index contributed by atoms with van der Waals surface area (Å²) in [6.07, 6.45) is 4.44. The molecule has 1 aliphatic carbocycles. The van der Waals surface area contributed by atoms with Crippen LogP contribution >= 0.6 is 0 Å². The van der Waals surface area contributed by atoms with Crippen molar-refractivity contribution in [3.05, 3.63) is 64.5 Å². The molecule has 2 aromatic carbocycles. The number of anilines is 1. The largest absolute Gasteiger partial charge is 0.392 e. The van der Waals surface area contributed by atoms with Crippen molar-refractivity contribution in [1.82, 2.24) is 5.32 Å². The first-order valence-electron chi connectivity index (χ1n) is 10.1. The normalized spacial score (nSPS) is 17.6. The molecular formula is C23H27FN2O2.